The van der Waals surface area contributed by atoms with Crippen molar-refractivity contribution in [3.8, 4) is 10.6 Å². The smallest absolute Gasteiger partial charge is 0.253 e. The Hall–Kier alpha value is -2.65. The summed E-state index contributed by atoms with van der Waals surface area (Å²) < 4.78 is 2.39. The lowest BCUT2D eigenvalue weighted by atomic mass is 10.3. The molecule has 4 heterocycles. The molecule has 9 heteroatoms. The predicted octanol–water partition coefficient (Wildman–Crippen LogP) is 2.94. The van der Waals surface area contributed by atoms with Crippen LogP contribution >= 0.6 is 27.3 Å². The Morgan fingerprint density at radius 2 is 2.16 bits per heavy atom. The van der Waals surface area contributed by atoms with Crippen LogP contribution < -0.4 is 5.32 Å². The quantitative estimate of drug-likeness (QED) is 0.554. The fourth-order valence-electron chi connectivity index (χ4n) is 2.30. The molecule has 4 rings (SSSR count). The van der Waals surface area contributed by atoms with E-state index in [1.165, 1.54) is 6.20 Å². The van der Waals surface area contributed by atoms with Crippen molar-refractivity contribution in [3.63, 3.8) is 0 Å². The standard InChI is InChI=1S/C16H11BrN6OS/c17-11-6-10(7-18-8-11)16(24)19-9-15-21-20-14-4-3-12(22-23(14)15)13-2-1-5-25-13/h1-8H,9H2,(H,19,24). The van der Waals surface area contributed by atoms with Crippen LogP contribution in [0.4, 0.5) is 0 Å². The van der Waals surface area contributed by atoms with Crippen molar-refractivity contribution in [1.29, 1.82) is 0 Å². The molecule has 0 fully saturated rings. The van der Waals surface area contributed by atoms with E-state index in [-0.39, 0.29) is 12.5 Å². The van der Waals surface area contributed by atoms with Crippen LogP contribution in [0.2, 0.25) is 0 Å². The van der Waals surface area contributed by atoms with Crippen LogP contribution in [0.1, 0.15) is 16.2 Å². The Morgan fingerprint density at radius 3 is 2.96 bits per heavy atom. The van der Waals surface area contributed by atoms with Crippen molar-refractivity contribution in [2.45, 2.75) is 6.54 Å². The van der Waals surface area contributed by atoms with Gasteiger partial charge in [0.25, 0.3) is 5.91 Å². The number of thiophene rings is 1. The van der Waals surface area contributed by atoms with Crippen LogP contribution in [0, 0.1) is 0 Å². The van der Waals surface area contributed by atoms with E-state index in [1.54, 1.807) is 28.1 Å². The van der Waals surface area contributed by atoms with Gasteiger partial charge in [-0.05, 0) is 45.6 Å². The van der Waals surface area contributed by atoms with Gasteiger partial charge in [-0.1, -0.05) is 6.07 Å². The fourth-order valence-corrected chi connectivity index (χ4v) is 3.35. The molecule has 25 heavy (non-hydrogen) atoms. The van der Waals surface area contributed by atoms with Crippen LogP contribution in [0.5, 0.6) is 0 Å². The lowest BCUT2D eigenvalue weighted by Crippen LogP contribution is -2.24. The zero-order valence-corrected chi connectivity index (χ0v) is 15.2. The van der Waals surface area contributed by atoms with Gasteiger partial charge in [0.2, 0.25) is 0 Å². The highest BCUT2D eigenvalue weighted by atomic mass is 79.9. The number of hydrogen-bond donors (Lipinski definition) is 1. The third kappa shape index (κ3) is 3.28. The first kappa shape index (κ1) is 15.9. The van der Waals surface area contributed by atoms with Crippen molar-refractivity contribution < 1.29 is 4.79 Å². The first-order chi connectivity index (χ1) is 12.2. The number of halogens is 1. The van der Waals surface area contributed by atoms with Gasteiger partial charge >= 0.3 is 0 Å². The topological polar surface area (TPSA) is 85.1 Å². The maximum atomic E-state index is 12.2. The molecular weight excluding hydrogens is 404 g/mol. The highest BCUT2D eigenvalue weighted by Crippen LogP contribution is 2.22. The second-order valence-corrected chi connectivity index (χ2v) is 7.02. The highest BCUT2D eigenvalue weighted by molar-refractivity contribution is 9.10. The number of nitrogens with zero attached hydrogens (tertiary/aromatic N) is 5. The zero-order chi connectivity index (χ0) is 17.2. The summed E-state index contributed by atoms with van der Waals surface area (Å²) >= 11 is 4.91. The zero-order valence-electron chi connectivity index (χ0n) is 12.8. The predicted molar refractivity (Wildman–Crippen MR) is 97.2 cm³/mol. The molecule has 0 saturated carbocycles. The Kier molecular flexibility index (Phi) is 4.24. The number of carbonyl (C=O) groups is 1. The summed E-state index contributed by atoms with van der Waals surface area (Å²) in [6.45, 7) is 0.216. The van der Waals surface area contributed by atoms with E-state index in [1.807, 2.05) is 29.6 Å². The molecule has 0 spiro atoms. The van der Waals surface area contributed by atoms with Crippen LogP contribution in [-0.4, -0.2) is 30.7 Å². The van der Waals surface area contributed by atoms with Crippen molar-refractivity contribution in [3.05, 3.63) is 64.0 Å². The Labute approximate surface area is 154 Å². The molecular formula is C16H11BrN6OS. The van der Waals surface area contributed by atoms with E-state index in [2.05, 4.69) is 41.5 Å². The van der Waals surface area contributed by atoms with E-state index in [9.17, 15) is 4.79 Å². The van der Waals surface area contributed by atoms with Gasteiger partial charge in [0.1, 0.15) is 5.69 Å². The number of pyridine rings is 1. The minimum Gasteiger partial charge on any atom is -0.345 e. The van der Waals surface area contributed by atoms with Crippen molar-refractivity contribution in [1.82, 2.24) is 30.1 Å². The summed E-state index contributed by atoms with van der Waals surface area (Å²) in [6.07, 6.45) is 3.13. The maximum Gasteiger partial charge on any atom is 0.253 e. The summed E-state index contributed by atoms with van der Waals surface area (Å²) in [5, 5.41) is 17.6. The lowest BCUT2D eigenvalue weighted by Gasteiger charge is -2.04. The summed E-state index contributed by atoms with van der Waals surface area (Å²) in [5.41, 5.74) is 1.94. The SMILES string of the molecule is O=C(NCc1nnc2ccc(-c3cccs3)nn12)c1cncc(Br)c1. The third-order valence-electron chi connectivity index (χ3n) is 3.48. The largest absolute Gasteiger partial charge is 0.345 e. The summed E-state index contributed by atoms with van der Waals surface area (Å²) in [5.74, 6) is 0.324. The molecule has 0 unspecified atom stereocenters. The van der Waals surface area contributed by atoms with Gasteiger partial charge in [0.05, 0.1) is 17.0 Å². The minimum absolute atomic E-state index is 0.216. The lowest BCUT2D eigenvalue weighted by molar-refractivity contribution is 0.0949. The molecule has 0 aromatic carbocycles. The molecule has 4 aromatic rings. The van der Waals surface area contributed by atoms with E-state index >= 15 is 0 Å². The molecule has 0 aliphatic rings. The van der Waals surface area contributed by atoms with Crippen molar-refractivity contribution in [2.75, 3.05) is 0 Å². The average molecular weight is 415 g/mol. The van der Waals surface area contributed by atoms with Crippen LogP contribution in [-0.2, 0) is 6.54 Å². The number of amides is 1. The molecule has 124 valence electrons. The van der Waals surface area contributed by atoms with Crippen LogP contribution in [0.15, 0.2) is 52.6 Å². The Morgan fingerprint density at radius 1 is 1.24 bits per heavy atom. The number of nitrogens with one attached hydrogen (secondary N) is 1. The van der Waals surface area contributed by atoms with E-state index < -0.39 is 0 Å². The number of rotatable bonds is 4. The van der Waals surface area contributed by atoms with Gasteiger partial charge in [-0.25, -0.2) is 0 Å². The molecule has 0 saturated heterocycles. The molecule has 0 aliphatic heterocycles. The van der Waals surface area contributed by atoms with Crippen LogP contribution in [0.3, 0.4) is 0 Å². The minimum atomic E-state index is -0.236. The molecule has 7 nitrogen and oxygen atoms in total. The second kappa shape index (κ2) is 6.69. The third-order valence-corrected chi connectivity index (χ3v) is 4.80. The van der Waals surface area contributed by atoms with Crippen molar-refractivity contribution in [2.24, 2.45) is 0 Å². The number of aromatic nitrogens is 5. The molecule has 1 N–H and O–H groups in total. The Balaban J connectivity index is 1.57. The summed E-state index contributed by atoms with van der Waals surface area (Å²) in [4.78, 5) is 17.3. The highest BCUT2D eigenvalue weighted by Gasteiger charge is 2.12. The van der Waals surface area contributed by atoms with E-state index in [0.29, 0.717) is 17.0 Å². The van der Waals surface area contributed by atoms with Gasteiger partial charge in [-0.3, -0.25) is 9.78 Å². The maximum absolute atomic E-state index is 12.2. The van der Waals surface area contributed by atoms with Gasteiger partial charge < -0.3 is 5.32 Å². The summed E-state index contributed by atoms with van der Waals surface area (Å²) in [7, 11) is 0. The van der Waals surface area contributed by atoms with Gasteiger partial charge in [0.15, 0.2) is 11.5 Å². The monoisotopic (exact) mass is 414 g/mol. The number of fused-ring (bicyclic) bond motifs is 1. The number of carbonyl (C=O) groups excluding carboxylic acids is 1. The molecule has 0 aliphatic carbocycles. The molecule has 0 bridgehead atoms. The second-order valence-electron chi connectivity index (χ2n) is 5.16. The summed E-state index contributed by atoms with van der Waals surface area (Å²) in [6, 6.07) is 9.46. The van der Waals surface area contributed by atoms with E-state index in [0.717, 1.165) is 15.0 Å². The van der Waals surface area contributed by atoms with Gasteiger partial charge in [0, 0.05) is 16.9 Å². The number of hydrogen-bond acceptors (Lipinski definition) is 6. The van der Waals surface area contributed by atoms with Gasteiger partial charge in [-0.2, -0.15) is 9.61 Å². The molecule has 0 atom stereocenters. The van der Waals surface area contributed by atoms with E-state index in [4.69, 9.17) is 0 Å². The molecule has 1 amide bonds. The van der Waals surface area contributed by atoms with Crippen LogP contribution in [0.25, 0.3) is 16.2 Å². The van der Waals surface area contributed by atoms with Gasteiger partial charge in [-0.15, -0.1) is 21.5 Å². The fraction of sp³-hybridized carbons (Fsp3) is 0.0625. The normalized spacial score (nSPS) is 10.9. The first-order valence-corrected chi connectivity index (χ1v) is 9.02. The first-order valence-electron chi connectivity index (χ1n) is 7.35. The molecule has 0 radical (unpaired) electrons. The van der Waals surface area contributed by atoms with Crippen molar-refractivity contribution >= 4 is 38.8 Å². The average Bonchev–Trinajstić information content (AvgIpc) is 3.29. The molecule has 4 aromatic heterocycles. The Bertz CT molecular complexity index is 1050.